The summed E-state index contributed by atoms with van der Waals surface area (Å²) in [5.74, 6) is 0. The van der Waals surface area contributed by atoms with Crippen molar-refractivity contribution in [3.8, 4) is 5.69 Å². The summed E-state index contributed by atoms with van der Waals surface area (Å²) in [7, 11) is 0. The second-order valence-electron chi connectivity index (χ2n) is 4.47. The van der Waals surface area contributed by atoms with E-state index in [2.05, 4.69) is 28.8 Å². The second-order valence-corrected chi connectivity index (χ2v) is 5.87. The lowest BCUT2D eigenvalue weighted by Crippen LogP contribution is -2.05. The summed E-state index contributed by atoms with van der Waals surface area (Å²) < 4.78 is 1.78. The molecular weight excluding hydrogens is 290 g/mol. The summed E-state index contributed by atoms with van der Waals surface area (Å²) in [5, 5.41) is 10.5. The number of thiophene rings is 1. The molecule has 0 unspecified atom stereocenters. The summed E-state index contributed by atoms with van der Waals surface area (Å²) in [6.45, 7) is 2.91. The van der Waals surface area contributed by atoms with Crippen LogP contribution in [-0.2, 0) is 6.54 Å². The van der Waals surface area contributed by atoms with Gasteiger partial charge in [0.25, 0.3) is 0 Å². The molecule has 0 aliphatic carbocycles. The molecule has 1 aromatic carbocycles. The van der Waals surface area contributed by atoms with Gasteiger partial charge >= 0.3 is 0 Å². The van der Waals surface area contributed by atoms with E-state index >= 15 is 0 Å². The highest BCUT2D eigenvalue weighted by molar-refractivity contribution is 7.10. The molecule has 0 aliphatic heterocycles. The highest BCUT2D eigenvalue weighted by Crippen LogP contribution is 2.29. The van der Waals surface area contributed by atoms with E-state index in [0.717, 1.165) is 17.9 Å². The number of hydrogen-bond acceptors (Lipinski definition) is 3. The number of nitrogens with zero attached hydrogens (tertiary/aromatic N) is 2. The van der Waals surface area contributed by atoms with Crippen molar-refractivity contribution in [1.29, 1.82) is 0 Å². The Morgan fingerprint density at radius 1 is 1.30 bits per heavy atom. The fourth-order valence-corrected chi connectivity index (χ4v) is 3.16. The molecule has 102 valence electrons. The van der Waals surface area contributed by atoms with Gasteiger partial charge in [-0.05, 0) is 42.1 Å². The number of nitrogens with one attached hydrogen (secondary N) is 1. The number of aryl methyl sites for hydroxylation is 1. The molecule has 1 N–H and O–H groups in total. The molecule has 3 nitrogen and oxygen atoms in total. The zero-order chi connectivity index (χ0) is 13.9. The Morgan fingerprint density at radius 2 is 2.20 bits per heavy atom. The molecule has 5 heteroatoms. The smallest absolute Gasteiger partial charge is 0.106 e. The van der Waals surface area contributed by atoms with Crippen molar-refractivity contribution in [3.63, 3.8) is 0 Å². The highest BCUT2D eigenvalue weighted by atomic mass is 35.5. The quantitative estimate of drug-likeness (QED) is 0.768. The third-order valence-electron chi connectivity index (χ3n) is 3.13. The van der Waals surface area contributed by atoms with Gasteiger partial charge < -0.3 is 5.32 Å². The summed E-state index contributed by atoms with van der Waals surface area (Å²) in [6, 6.07) is 9.86. The van der Waals surface area contributed by atoms with Crippen LogP contribution in [0.3, 0.4) is 0 Å². The standard InChI is InChI=1S/C15H14ClN3S/c1-11-6-9-20-14(11)10-17-13-5-2-4-12(16)15(13)19-8-3-7-18-19/h2-9,17H,10H2,1H3. The van der Waals surface area contributed by atoms with Crippen molar-refractivity contribution in [1.82, 2.24) is 9.78 Å². The topological polar surface area (TPSA) is 29.9 Å². The third-order valence-corrected chi connectivity index (χ3v) is 4.46. The summed E-state index contributed by atoms with van der Waals surface area (Å²) in [4.78, 5) is 1.33. The van der Waals surface area contributed by atoms with Crippen LogP contribution in [0.5, 0.6) is 0 Å². The van der Waals surface area contributed by atoms with E-state index in [1.165, 1.54) is 10.4 Å². The molecule has 2 aromatic heterocycles. The largest absolute Gasteiger partial charge is 0.378 e. The number of halogens is 1. The van der Waals surface area contributed by atoms with Gasteiger partial charge in [0, 0.05) is 23.8 Å². The lowest BCUT2D eigenvalue weighted by atomic mass is 10.2. The molecule has 3 aromatic rings. The van der Waals surface area contributed by atoms with E-state index in [1.807, 2.05) is 30.5 Å². The average Bonchev–Trinajstić information content (AvgIpc) is 3.08. The van der Waals surface area contributed by atoms with Gasteiger partial charge in [-0.25, -0.2) is 4.68 Å². The first-order chi connectivity index (χ1) is 9.75. The molecule has 0 radical (unpaired) electrons. The van der Waals surface area contributed by atoms with Gasteiger partial charge in [0.2, 0.25) is 0 Å². The van der Waals surface area contributed by atoms with Crippen LogP contribution in [-0.4, -0.2) is 9.78 Å². The van der Waals surface area contributed by atoms with Gasteiger partial charge in [0.15, 0.2) is 0 Å². The molecule has 0 atom stereocenters. The molecule has 2 heterocycles. The molecule has 0 bridgehead atoms. The maximum atomic E-state index is 6.31. The van der Waals surface area contributed by atoms with Gasteiger partial charge in [0.05, 0.1) is 10.7 Å². The Bertz CT molecular complexity index is 704. The van der Waals surface area contributed by atoms with Crippen LogP contribution >= 0.6 is 22.9 Å². The first-order valence-electron chi connectivity index (χ1n) is 6.31. The lowest BCUT2D eigenvalue weighted by Gasteiger charge is -2.13. The molecule has 0 amide bonds. The SMILES string of the molecule is Cc1ccsc1CNc1cccc(Cl)c1-n1cccn1. The van der Waals surface area contributed by atoms with E-state index in [-0.39, 0.29) is 0 Å². The number of hydrogen-bond donors (Lipinski definition) is 1. The Hall–Kier alpha value is -1.78. The van der Waals surface area contributed by atoms with Gasteiger partial charge in [-0.15, -0.1) is 11.3 Å². The van der Waals surface area contributed by atoms with Crippen LogP contribution in [0.1, 0.15) is 10.4 Å². The molecular formula is C15H14ClN3S. The predicted molar refractivity (Wildman–Crippen MR) is 85.0 cm³/mol. The predicted octanol–water partition coefficient (Wildman–Crippen LogP) is 4.51. The average molecular weight is 304 g/mol. The fraction of sp³-hybridized carbons (Fsp3) is 0.133. The number of benzene rings is 1. The van der Waals surface area contributed by atoms with Crippen LogP contribution in [0.15, 0.2) is 48.1 Å². The summed E-state index contributed by atoms with van der Waals surface area (Å²) in [6.07, 6.45) is 3.64. The van der Waals surface area contributed by atoms with Crippen LogP contribution in [0.4, 0.5) is 5.69 Å². The van der Waals surface area contributed by atoms with E-state index in [1.54, 1.807) is 22.2 Å². The Balaban J connectivity index is 1.90. The number of para-hydroxylation sites is 1. The zero-order valence-electron chi connectivity index (χ0n) is 11.0. The summed E-state index contributed by atoms with van der Waals surface area (Å²) in [5.41, 5.74) is 3.17. The minimum atomic E-state index is 0.682. The lowest BCUT2D eigenvalue weighted by molar-refractivity contribution is 0.879. The van der Waals surface area contributed by atoms with Crippen LogP contribution in [0.2, 0.25) is 5.02 Å². The van der Waals surface area contributed by atoms with E-state index in [9.17, 15) is 0 Å². The Kier molecular flexibility index (Phi) is 3.76. The maximum absolute atomic E-state index is 6.31. The van der Waals surface area contributed by atoms with Crippen molar-refractivity contribution in [2.45, 2.75) is 13.5 Å². The van der Waals surface area contributed by atoms with E-state index in [4.69, 9.17) is 11.6 Å². The molecule has 0 spiro atoms. The Labute approximate surface area is 126 Å². The molecule has 0 fully saturated rings. The van der Waals surface area contributed by atoms with Crippen LogP contribution in [0.25, 0.3) is 5.69 Å². The minimum Gasteiger partial charge on any atom is -0.378 e. The monoisotopic (exact) mass is 303 g/mol. The zero-order valence-corrected chi connectivity index (χ0v) is 12.6. The van der Waals surface area contributed by atoms with Crippen molar-refractivity contribution < 1.29 is 0 Å². The van der Waals surface area contributed by atoms with Gasteiger partial charge in [-0.2, -0.15) is 5.10 Å². The van der Waals surface area contributed by atoms with Crippen LogP contribution in [0, 0.1) is 6.92 Å². The van der Waals surface area contributed by atoms with Gasteiger partial charge in [-0.3, -0.25) is 0 Å². The van der Waals surface area contributed by atoms with Gasteiger partial charge in [0.1, 0.15) is 5.69 Å². The van der Waals surface area contributed by atoms with Crippen molar-refractivity contribution >= 4 is 28.6 Å². The molecule has 0 saturated carbocycles. The number of rotatable bonds is 4. The van der Waals surface area contributed by atoms with Crippen LogP contribution < -0.4 is 5.32 Å². The number of anilines is 1. The molecule has 20 heavy (non-hydrogen) atoms. The second kappa shape index (κ2) is 5.69. The first kappa shape index (κ1) is 13.2. The normalized spacial score (nSPS) is 10.7. The van der Waals surface area contributed by atoms with E-state index < -0.39 is 0 Å². The van der Waals surface area contributed by atoms with Gasteiger partial charge in [-0.1, -0.05) is 17.7 Å². The summed E-state index contributed by atoms with van der Waals surface area (Å²) >= 11 is 8.07. The Morgan fingerprint density at radius 3 is 2.90 bits per heavy atom. The molecule has 3 rings (SSSR count). The van der Waals surface area contributed by atoms with E-state index in [0.29, 0.717) is 5.02 Å². The van der Waals surface area contributed by atoms with Crippen molar-refractivity contribution in [2.24, 2.45) is 0 Å². The van der Waals surface area contributed by atoms with Crippen molar-refractivity contribution in [2.75, 3.05) is 5.32 Å². The maximum Gasteiger partial charge on any atom is 0.106 e. The fourth-order valence-electron chi connectivity index (χ4n) is 2.05. The first-order valence-corrected chi connectivity index (χ1v) is 7.57. The minimum absolute atomic E-state index is 0.682. The van der Waals surface area contributed by atoms with Crippen molar-refractivity contribution in [3.05, 3.63) is 63.6 Å². The number of aromatic nitrogens is 2. The molecule has 0 saturated heterocycles. The molecule has 0 aliphatic rings. The highest BCUT2D eigenvalue weighted by Gasteiger charge is 2.10. The third kappa shape index (κ3) is 2.57.